The van der Waals surface area contributed by atoms with E-state index in [2.05, 4.69) is 36.3 Å². The number of nitrogens with one attached hydrogen (secondary N) is 1. The summed E-state index contributed by atoms with van der Waals surface area (Å²) in [7, 11) is 0. The van der Waals surface area contributed by atoms with Gasteiger partial charge in [-0.25, -0.2) is 0 Å². The van der Waals surface area contributed by atoms with Crippen LogP contribution in [0, 0.1) is 0 Å². The zero-order valence-corrected chi connectivity index (χ0v) is 25.6. The zero-order valence-electron chi connectivity index (χ0n) is 24.0. The van der Waals surface area contributed by atoms with Crippen LogP contribution in [0.25, 0.3) is 0 Å². The van der Waals surface area contributed by atoms with Crippen molar-refractivity contribution in [3.8, 4) is 5.75 Å². The molecule has 2 aromatic rings. The maximum absolute atomic E-state index is 12.9. The van der Waals surface area contributed by atoms with Gasteiger partial charge < -0.3 is 15.0 Å². The quantitative estimate of drug-likeness (QED) is 0.171. The van der Waals surface area contributed by atoms with Crippen molar-refractivity contribution in [2.45, 2.75) is 104 Å². The fourth-order valence-corrected chi connectivity index (χ4v) is 5.81. The molecule has 3 rings (SSSR count). The first-order chi connectivity index (χ1) is 19.0. The molecule has 6 heteroatoms. The van der Waals surface area contributed by atoms with Gasteiger partial charge in [-0.3, -0.25) is 4.79 Å². The second-order valence-electron chi connectivity index (χ2n) is 10.6. The second kappa shape index (κ2) is 18.3. The lowest BCUT2D eigenvalue weighted by atomic mass is 10.1. The first-order valence-electron chi connectivity index (χ1n) is 14.9. The van der Waals surface area contributed by atoms with Crippen molar-refractivity contribution < 1.29 is 9.53 Å². The molecular weight excluding hydrogens is 524 g/mol. The number of thioether (sulfide) groups is 1. The number of carbonyl (C=O) groups excluding carboxylic acids is 1. The van der Waals surface area contributed by atoms with Crippen molar-refractivity contribution in [1.29, 1.82) is 0 Å². The van der Waals surface area contributed by atoms with Gasteiger partial charge in [0.15, 0.2) is 0 Å². The first-order valence-corrected chi connectivity index (χ1v) is 16.3. The fourth-order valence-electron chi connectivity index (χ4n) is 4.88. The summed E-state index contributed by atoms with van der Waals surface area (Å²) in [4.78, 5) is 16.5. The molecule has 4 nitrogen and oxygen atoms in total. The van der Waals surface area contributed by atoms with Crippen LogP contribution in [-0.4, -0.2) is 23.3 Å². The molecule has 1 aliphatic rings. The zero-order chi connectivity index (χ0) is 27.7. The summed E-state index contributed by atoms with van der Waals surface area (Å²) >= 11 is 8.23. The molecule has 0 unspecified atom stereocenters. The van der Waals surface area contributed by atoms with E-state index in [1.807, 2.05) is 48.2 Å². The van der Waals surface area contributed by atoms with E-state index >= 15 is 0 Å². The van der Waals surface area contributed by atoms with E-state index in [4.69, 9.17) is 16.3 Å². The number of carbonyl (C=O) groups is 1. The van der Waals surface area contributed by atoms with Crippen LogP contribution in [0.4, 0.5) is 5.69 Å². The topological polar surface area (TPSA) is 41.6 Å². The van der Waals surface area contributed by atoms with Gasteiger partial charge in [0.1, 0.15) is 5.75 Å². The molecule has 0 spiro atoms. The molecule has 0 atom stereocenters. The summed E-state index contributed by atoms with van der Waals surface area (Å²) in [6, 6.07) is 13.7. The van der Waals surface area contributed by atoms with E-state index in [1.54, 1.807) is 0 Å². The third-order valence-corrected chi connectivity index (χ3v) is 8.44. The average Bonchev–Trinajstić information content (AvgIpc) is 3.34. The Labute approximate surface area is 245 Å². The van der Waals surface area contributed by atoms with E-state index in [0.29, 0.717) is 17.4 Å². The predicted octanol–water partition coefficient (Wildman–Crippen LogP) is 9.97. The smallest absolute Gasteiger partial charge is 0.228 e. The Morgan fingerprint density at radius 3 is 2.28 bits per heavy atom. The van der Waals surface area contributed by atoms with Gasteiger partial charge in [0, 0.05) is 18.4 Å². The molecule has 1 aliphatic heterocycles. The maximum atomic E-state index is 12.9. The fraction of sp³-hybridized carbons (Fsp3) is 0.545. The third kappa shape index (κ3) is 12.3. The number of benzene rings is 2. The monoisotopic (exact) mass is 570 g/mol. The SMILES string of the molecule is CCCCCCCCCCCCCCOc1cc(CC(=O)Nc2ccccc2CN2C=C(C)SC2)ccc1Cl. The molecule has 0 saturated heterocycles. The number of unbranched alkanes of at least 4 members (excludes halogenated alkanes) is 11. The highest BCUT2D eigenvalue weighted by Crippen LogP contribution is 2.29. The van der Waals surface area contributed by atoms with Gasteiger partial charge in [0.2, 0.25) is 5.91 Å². The Morgan fingerprint density at radius 2 is 1.62 bits per heavy atom. The highest BCUT2D eigenvalue weighted by atomic mass is 35.5. The lowest BCUT2D eigenvalue weighted by molar-refractivity contribution is -0.115. The second-order valence-corrected chi connectivity index (χ2v) is 12.2. The molecule has 0 fully saturated rings. The minimum atomic E-state index is -0.0424. The van der Waals surface area contributed by atoms with Crippen molar-refractivity contribution in [3.05, 3.63) is 69.7 Å². The summed E-state index contributed by atoms with van der Waals surface area (Å²) < 4.78 is 5.99. The van der Waals surface area contributed by atoms with Crippen LogP contribution < -0.4 is 10.1 Å². The van der Waals surface area contributed by atoms with Crippen molar-refractivity contribution in [2.75, 3.05) is 17.8 Å². The molecule has 1 amide bonds. The first kappa shape index (κ1) is 31.4. The van der Waals surface area contributed by atoms with Gasteiger partial charge >= 0.3 is 0 Å². The van der Waals surface area contributed by atoms with Crippen LogP contribution in [0.1, 0.15) is 102 Å². The van der Waals surface area contributed by atoms with Crippen LogP contribution in [0.2, 0.25) is 5.02 Å². The number of allylic oxidation sites excluding steroid dienone is 1. The Hall–Kier alpha value is -2.11. The third-order valence-electron chi connectivity index (χ3n) is 7.10. The summed E-state index contributed by atoms with van der Waals surface area (Å²) in [5.74, 6) is 1.57. The van der Waals surface area contributed by atoms with Gasteiger partial charge in [0.25, 0.3) is 0 Å². The minimum Gasteiger partial charge on any atom is -0.492 e. The number of nitrogens with zero attached hydrogens (tertiary/aromatic N) is 1. The van der Waals surface area contributed by atoms with E-state index < -0.39 is 0 Å². The van der Waals surface area contributed by atoms with Gasteiger partial charge in [-0.15, -0.1) is 11.8 Å². The normalized spacial score (nSPS) is 13.0. The van der Waals surface area contributed by atoms with Crippen molar-refractivity contribution in [1.82, 2.24) is 4.90 Å². The summed E-state index contributed by atoms with van der Waals surface area (Å²) in [6.07, 6.45) is 18.3. The molecule has 0 aliphatic carbocycles. The number of ether oxygens (including phenoxy) is 1. The molecule has 214 valence electrons. The largest absolute Gasteiger partial charge is 0.492 e. The van der Waals surface area contributed by atoms with Crippen LogP contribution in [0.5, 0.6) is 5.75 Å². The highest BCUT2D eigenvalue weighted by Gasteiger charge is 2.14. The summed E-state index contributed by atoms with van der Waals surface area (Å²) in [6.45, 7) is 5.83. The highest BCUT2D eigenvalue weighted by molar-refractivity contribution is 8.03. The number of anilines is 1. The number of amides is 1. The summed E-state index contributed by atoms with van der Waals surface area (Å²) in [5.41, 5.74) is 2.87. The molecule has 2 aromatic carbocycles. The number of hydrogen-bond donors (Lipinski definition) is 1. The molecular formula is C33H47ClN2O2S. The molecule has 0 bridgehead atoms. The minimum absolute atomic E-state index is 0.0424. The van der Waals surface area contributed by atoms with E-state index in [-0.39, 0.29) is 12.3 Å². The Bertz CT molecular complexity index is 1040. The van der Waals surface area contributed by atoms with Gasteiger partial charge in [-0.1, -0.05) is 113 Å². The van der Waals surface area contributed by atoms with Crippen LogP contribution in [-0.2, 0) is 17.8 Å². The van der Waals surface area contributed by atoms with E-state index in [0.717, 1.165) is 35.7 Å². The van der Waals surface area contributed by atoms with Crippen molar-refractivity contribution in [3.63, 3.8) is 0 Å². The Balaban J connectivity index is 1.35. The van der Waals surface area contributed by atoms with Crippen molar-refractivity contribution >= 4 is 35.0 Å². The molecule has 0 aromatic heterocycles. The van der Waals surface area contributed by atoms with Crippen LogP contribution in [0.3, 0.4) is 0 Å². The lowest BCUT2D eigenvalue weighted by Crippen LogP contribution is -2.18. The van der Waals surface area contributed by atoms with E-state index in [1.165, 1.54) is 75.5 Å². The maximum Gasteiger partial charge on any atom is 0.228 e. The standard InChI is InChI=1S/C33H47ClN2O2S/c1-3-4-5-6-7-8-9-10-11-12-13-16-21-38-32-22-28(19-20-30(32)34)23-33(37)35-31-18-15-14-17-29(31)25-36-24-27(2)39-26-36/h14-15,17-20,22,24H,3-13,16,21,23,25-26H2,1-2H3,(H,35,37). The summed E-state index contributed by atoms with van der Waals surface area (Å²) in [5, 5.41) is 3.70. The number of hydrogen-bond acceptors (Lipinski definition) is 4. The average molecular weight is 571 g/mol. The molecule has 1 heterocycles. The van der Waals surface area contributed by atoms with Gasteiger partial charge in [-0.05, 0) is 47.6 Å². The molecule has 39 heavy (non-hydrogen) atoms. The van der Waals surface area contributed by atoms with Crippen LogP contribution >= 0.6 is 23.4 Å². The molecule has 1 N–H and O–H groups in total. The van der Waals surface area contributed by atoms with Gasteiger partial charge in [0.05, 0.1) is 23.9 Å². The number of halogens is 1. The number of rotatable bonds is 19. The van der Waals surface area contributed by atoms with E-state index in [9.17, 15) is 4.79 Å². The van der Waals surface area contributed by atoms with Crippen molar-refractivity contribution in [2.24, 2.45) is 0 Å². The van der Waals surface area contributed by atoms with Crippen LogP contribution in [0.15, 0.2) is 53.6 Å². The van der Waals surface area contributed by atoms with Gasteiger partial charge in [-0.2, -0.15) is 0 Å². The molecule has 0 saturated carbocycles. The Kier molecular flexibility index (Phi) is 14.7. The lowest BCUT2D eigenvalue weighted by Gasteiger charge is -2.18. The molecule has 0 radical (unpaired) electrons. The Morgan fingerprint density at radius 1 is 0.949 bits per heavy atom. The number of para-hydroxylation sites is 1. The predicted molar refractivity (Wildman–Crippen MR) is 169 cm³/mol.